The number of aliphatic hydroxyl groups is 1. The molecule has 1 atom stereocenters. The Bertz CT molecular complexity index is 582. The lowest BCUT2D eigenvalue weighted by Crippen LogP contribution is -2.20. The van der Waals surface area contributed by atoms with Crippen LogP contribution in [0.25, 0.3) is 0 Å². The molecule has 0 aliphatic rings. The molecule has 1 unspecified atom stereocenters. The van der Waals surface area contributed by atoms with E-state index in [4.69, 9.17) is 0 Å². The van der Waals surface area contributed by atoms with Gasteiger partial charge in [0.2, 0.25) is 0 Å². The minimum Gasteiger partial charge on any atom is -0.389 e. The molecule has 0 aliphatic heterocycles. The van der Waals surface area contributed by atoms with Crippen LogP contribution < -0.4 is 10.6 Å². The van der Waals surface area contributed by atoms with Gasteiger partial charge in [-0.15, -0.1) is 0 Å². The number of benzene rings is 1. The van der Waals surface area contributed by atoms with Crippen LogP contribution in [0.2, 0.25) is 0 Å². The summed E-state index contributed by atoms with van der Waals surface area (Å²) in [6.07, 6.45) is 0.467. The van der Waals surface area contributed by atoms with E-state index >= 15 is 0 Å². The van der Waals surface area contributed by atoms with Gasteiger partial charge in [-0.3, -0.25) is 5.32 Å². The molecule has 20 heavy (non-hydrogen) atoms. The minimum atomic E-state index is -0.554. The number of rotatable bonds is 3. The smallest absolute Gasteiger partial charge is 0.324 e. The number of urea groups is 1. The molecule has 1 aromatic heterocycles. The number of nitrogens with one attached hydrogen (secondary N) is 2. The normalized spacial score (nSPS) is 11.8. The van der Waals surface area contributed by atoms with Crippen LogP contribution in [0.15, 0.2) is 42.6 Å². The Hall–Kier alpha value is -2.47. The second kappa shape index (κ2) is 6.12. The number of carbonyl (C=O) groups excluding carboxylic acids is 1. The molecular formula is C14H14FN3O2. The van der Waals surface area contributed by atoms with Crippen molar-refractivity contribution >= 4 is 17.5 Å². The van der Waals surface area contributed by atoms with Crippen molar-refractivity contribution in [2.75, 3.05) is 10.6 Å². The molecule has 104 valence electrons. The first-order chi connectivity index (χ1) is 9.54. The van der Waals surface area contributed by atoms with E-state index in [-0.39, 0.29) is 5.82 Å². The van der Waals surface area contributed by atoms with E-state index in [0.717, 1.165) is 11.8 Å². The number of aromatic nitrogens is 1. The predicted molar refractivity (Wildman–Crippen MR) is 73.9 cm³/mol. The maximum atomic E-state index is 12.7. The van der Waals surface area contributed by atoms with Gasteiger partial charge in [0, 0.05) is 5.69 Å². The zero-order valence-corrected chi connectivity index (χ0v) is 10.8. The summed E-state index contributed by atoms with van der Waals surface area (Å²) in [7, 11) is 0. The number of nitrogens with zero attached hydrogens (tertiary/aromatic N) is 1. The van der Waals surface area contributed by atoms with Gasteiger partial charge in [0.15, 0.2) is 0 Å². The van der Waals surface area contributed by atoms with Gasteiger partial charge >= 0.3 is 6.03 Å². The zero-order chi connectivity index (χ0) is 14.5. The van der Waals surface area contributed by atoms with Crippen molar-refractivity contribution in [3.05, 3.63) is 54.0 Å². The van der Waals surface area contributed by atoms with E-state index in [1.54, 1.807) is 31.2 Å². The van der Waals surface area contributed by atoms with Crippen LogP contribution in [-0.2, 0) is 0 Å². The van der Waals surface area contributed by atoms with E-state index in [2.05, 4.69) is 15.6 Å². The molecule has 0 spiro atoms. The third-order valence-corrected chi connectivity index (χ3v) is 2.62. The van der Waals surface area contributed by atoms with Gasteiger partial charge < -0.3 is 10.4 Å². The fourth-order valence-electron chi connectivity index (χ4n) is 1.57. The first-order valence-corrected chi connectivity index (χ1v) is 6.02. The molecule has 1 aromatic carbocycles. The number of amides is 2. The lowest BCUT2D eigenvalue weighted by Gasteiger charge is -2.09. The van der Waals surface area contributed by atoms with Gasteiger partial charge in [-0.1, -0.05) is 12.1 Å². The third-order valence-electron chi connectivity index (χ3n) is 2.62. The topological polar surface area (TPSA) is 74.2 Å². The van der Waals surface area contributed by atoms with Crippen LogP contribution in [0.5, 0.6) is 0 Å². The highest BCUT2D eigenvalue weighted by Crippen LogP contribution is 2.15. The van der Waals surface area contributed by atoms with E-state index in [1.165, 1.54) is 12.1 Å². The zero-order valence-electron chi connectivity index (χ0n) is 10.8. The predicted octanol–water partition coefficient (Wildman–Crippen LogP) is 2.92. The van der Waals surface area contributed by atoms with Crippen molar-refractivity contribution in [1.82, 2.24) is 4.98 Å². The van der Waals surface area contributed by atoms with E-state index in [0.29, 0.717) is 5.69 Å². The third kappa shape index (κ3) is 3.76. The highest BCUT2D eigenvalue weighted by molar-refractivity contribution is 5.99. The van der Waals surface area contributed by atoms with Gasteiger partial charge in [-0.2, -0.15) is 0 Å². The lowest BCUT2D eigenvalue weighted by atomic mass is 10.1. The minimum absolute atomic E-state index is 0.254. The molecule has 0 saturated heterocycles. The van der Waals surface area contributed by atoms with E-state index in [9.17, 15) is 14.3 Å². The van der Waals surface area contributed by atoms with Gasteiger partial charge in [-0.25, -0.2) is 14.2 Å². The number of hydrogen-bond donors (Lipinski definition) is 3. The summed E-state index contributed by atoms with van der Waals surface area (Å²) in [5.74, 6) is -0.214. The molecule has 0 fully saturated rings. The average Bonchev–Trinajstić information content (AvgIpc) is 2.42. The Kier molecular flexibility index (Phi) is 4.27. The van der Waals surface area contributed by atoms with Crippen molar-refractivity contribution < 1.29 is 14.3 Å². The average molecular weight is 275 g/mol. The van der Waals surface area contributed by atoms with Crippen LogP contribution in [0.4, 0.5) is 20.7 Å². The molecule has 1 heterocycles. The van der Waals surface area contributed by atoms with E-state index in [1.807, 2.05) is 0 Å². The maximum Gasteiger partial charge on any atom is 0.324 e. The molecule has 0 bridgehead atoms. The van der Waals surface area contributed by atoms with Gasteiger partial charge in [-0.05, 0) is 36.8 Å². The summed E-state index contributed by atoms with van der Waals surface area (Å²) in [4.78, 5) is 15.4. The highest BCUT2D eigenvalue weighted by Gasteiger charge is 2.05. The van der Waals surface area contributed by atoms with Crippen LogP contribution >= 0.6 is 0 Å². The molecule has 3 N–H and O–H groups in total. The van der Waals surface area contributed by atoms with Crippen molar-refractivity contribution in [2.24, 2.45) is 0 Å². The van der Waals surface area contributed by atoms with Crippen molar-refractivity contribution in [1.29, 1.82) is 0 Å². The van der Waals surface area contributed by atoms with Crippen molar-refractivity contribution in [2.45, 2.75) is 13.0 Å². The standard InChI is InChI=1S/C14H14FN3O2/c1-9(19)10-2-5-12(6-3-10)17-14(20)18-13-7-4-11(15)8-16-13/h2-9,19H,1H3,(H2,16,17,18,20). The molecular weight excluding hydrogens is 261 g/mol. The first kappa shape index (κ1) is 14.0. The number of anilines is 2. The van der Waals surface area contributed by atoms with Crippen LogP contribution in [0, 0.1) is 5.82 Å². The summed E-state index contributed by atoms with van der Waals surface area (Å²) < 4.78 is 12.7. The molecule has 2 rings (SSSR count). The summed E-state index contributed by atoms with van der Waals surface area (Å²) in [6.45, 7) is 1.66. The molecule has 0 saturated carbocycles. The quantitative estimate of drug-likeness (QED) is 0.806. The van der Waals surface area contributed by atoms with Crippen LogP contribution in [0.1, 0.15) is 18.6 Å². The number of carbonyl (C=O) groups is 1. The Balaban J connectivity index is 1.95. The molecule has 5 nitrogen and oxygen atoms in total. The van der Waals surface area contributed by atoms with Crippen molar-refractivity contribution in [3.8, 4) is 0 Å². The summed E-state index contributed by atoms with van der Waals surface area (Å²) >= 11 is 0. The lowest BCUT2D eigenvalue weighted by molar-refractivity contribution is 0.199. The Labute approximate surface area is 115 Å². The van der Waals surface area contributed by atoms with Gasteiger partial charge in [0.25, 0.3) is 0 Å². The Morgan fingerprint density at radius 3 is 2.45 bits per heavy atom. The van der Waals surface area contributed by atoms with Crippen LogP contribution in [-0.4, -0.2) is 16.1 Å². The fourth-order valence-corrected chi connectivity index (χ4v) is 1.57. The first-order valence-electron chi connectivity index (χ1n) is 6.02. The Morgan fingerprint density at radius 2 is 1.90 bits per heavy atom. The number of pyridine rings is 1. The largest absolute Gasteiger partial charge is 0.389 e. The molecule has 0 aliphatic carbocycles. The SMILES string of the molecule is CC(O)c1ccc(NC(=O)Nc2ccc(F)cn2)cc1. The van der Waals surface area contributed by atoms with E-state index < -0.39 is 18.0 Å². The summed E-state index contributed by atoms with van der Waals surface area (Å²) in [6, 6.07) is 8.89. The number of aliphatic hydroxyl groups excluding tert-OH is 1. The number of halogens is 1. The fraction of sp³-hybridized carbons (Fsp3) is 0.143. The summed E-state index contributed by atoms with van der Waals surface area (Å²) in [5, 5.41) is 14.5. The van der Waals surface area contributed by atoms with Gasteiger partial charge in [0.1, 0.15) is 11.6 Å². The number of hydrogen-bond acceptors (Lipinski definition) is 3. The molecule has 2 amide bonds. The monoisotopic (exact) mass is 275 g/mol. The second-order valence-electron chi connectivity index (χ2n) is 4.24. The Morgan fingerprint density at radius 1 is 1.20 bits per heavy atom. The molecule has 0 radical (unpaired) electrons. The molecule has 6 heteroatoms. The van der Waals surface area contributed by atoms with Crippen molar-refractivity contribution in [3.63, 3.8) is 0 Å². The van der Waals surface area contributed by atoms with Crippen LogP contribution in [0.3, 0.4) is 0 Å². The van der Waals surface area contributed by atoms with Gasteiger partial charge in [0.05, 0.1) is 12.3 Å². The maximum absolute atomic E-state index is 12.7. The highest BCUT2D eigenvalue weighted by atomic mass is 19.1. The second-order valence-corrected chi connectivity index (χ2v) is 4.24. The molecule has 2 aromatic rings. The summed E-state index contributed by atoms with van der Waals surface area (Å²) in [5.41, 5.74) is 1.34.